The number of carbonyl (C=O) groups is 2. The number of hydrogen-bond donors (Lipinski definition) is 3. The highest BCUT2D eigenvalue weighted by molar-refractivity contribution is 6.31. The fourth-order valence-electron chi connectivity index (χ4n) is 4.63. The van der Waals surface area contributed by atoms with Crippen LogP contribution in [0.3, 0.4) is 0 Å². The van der Waals surface area contributed by atoms with Gasteiger partial charge in [-0.2, -0.15) is 0 Å². The summed E-state index contributed by atoms with van der Waals surface area (Å²) < 4.78 is 0. The highest BCUT2D eigenvalue weighted by Crippen LogP contribution is 2.36. The standard InChI is InChI=1S/C23H26Cl2N4O2/c24-16-6-4-15(5-7-16)14-29-20-8-9-21(29)12-19(11-20)27-22(30)13-26-23(31)28-18-3-1-2-17(25)10-18/h1-7,10,19-21H,8-9,11-14H2,(H,27,30)(H2,26,28,31)/t19?,20-,21+. The summed E-state index contributed by atoms with van der Waals surface area (Å²) >= 11 is 11.9. The van der Waals surface area contributed by atoms with E-state index >= 15 is 0 Å². The van der Waals surface area contributed by atoms with Gasteiger partial charge in [0.2, 0.25) is 5.91 Å². The average molecular weight is 461 g/mol. The lowest BCUT2D eigenvalue weighted by Gasteiger charge is -2.39. The molecule has 164 valence electrons. The van der Waals surface area contributed by atoms with Crippen LogP contribution >= 0.6 is 23.2 Å². The van der Waals surface area contributed by atoms with Gasteiger partial charge in [-0.15, -0.1) is 0 Å². The summed E-state index contributed by atoms with van der Waals surface area (Å²) in [6.45, 7) is 0.852. The smallest absolute Gasteiger partial charge is 0.319 e. The van der Waals surface area contributed by atoms with Crippen molar-refractivity contribution in [2.24, 2.45) is 0 Å². The highest BCUT2D eigenvalue weighted by Gasteiger charge is 2.40. The van der Waals surface area contributed by atoms with Gasteiger partial charge in [0.1, 0.15) is 0 Å². The van der Waals surface area contributed by atoms with E-state index in [9.17, 15) is 9.59 Å². The molecule has 3 atom stereocenters. The molecule has 0 aromatic heterocycles. The maximum Gasteiger partial charge on any atom is 0.319 e. The number of anilines is 1. The number of nitrogens with zero attached hydrogens (tertiary/aromatic N) is 1. The molecule has 6 nitrogen and oxygen atoms in total. The summed E-state index contributed by atoms with van der Waals surface area (Å²) in [5, 5.41) is 9.65. The van der Waals surface area contributed by atoms with Gasteiger partial charge in [-0.1, -0.05) is 41.4 Å². The minimum atomic E-state index is -0.435. The van der Waals surface area contributed by atoms with Crippen LogP contribution in [0.4, 0.5) is 10.5 Å². The number of fused-ring (bicyclic) bond motifs is 2. The first-order valence-corrected chi connectivity index (χ1v) is 11.3. The van der Waals surface area contributed by atoms with Gasteiger partial charge in [-0.05, 0) is 61.6 Å². The molecule has 31 heavy (non-hydrogen) atoms. The monoisotopic (exact) mass is 460 g/mol. The van der Waals surface area contributed by atoms with Crippen molar-refractivity contribution in [3.05, 3.63) is 64.1 Å². The number of nitrogens with one attached hydrogen (secondary N) is 3. The Kier molecular flexibility index (Phi) is 7.00. The van der Waals surface area contributed by atoms with E-state index in [1.807, 2.05) is 12.1 Å². The predicted octanol–water partition coefficient (Wildman–Crippen LogP) is 4.43. The number of halogens is 2. The molecule has 2 saturated heterocycles. The lowest BCUT2D eigenvalue weighted by Crippen LogP contribution is -2.51. The summed E-state index contributed by atoms with van der Waals surface area (Å²) in [4.78, 5) is 26.9. The third-order valence-corrected chi connectivity index (χ3v) is 6.51. The lowest BCUT2D eigenvalue weighted by atomic mass is 9.96. The second-order valence-electron chi connectivity index (χ2n) is 8.24. The minimum absolute atomic E-state index is 0.0628. The summed E-state index contributed by atoms with van der Waals surface area (Å²) in [6, 6.07) is 15.5. The third-order valence-electron chi connectivity index (χ3n) is 6.02. The topological polar surface area (TPSA) is 73.5 Å². The second-order valence-corrected chi connectivity index (χ2v) is 9.11. The van der Waals surface area contributed by atoms with Crippen LogP contribution in [-0.2, 0) is 11.3 Å². The minimum Gasteiger partial charge on any atom is -0.352 e. The van der Waals surface area contributed by atoms with E-state index in [1.165, 1.54) is 5.56 Å². The van der Waals surface area contributed by atoms with Crippen molar-refractivity contribution >= 4 is 40.8 Å². The van der Waals surface area contributed by atoms with Crippen molar-refractivity contribution in [1.29, 1.82) is 0 Å². The molecule has 2 aliphatic heterocycles. The highest BCUT2D eigenvalue weighted by atomic mass is 35.5. The first kappa shape index (κ1) is 21.9. The fraction of sp³-hybridized carbons (Fsp3) is 0.391. The largest absolute Gasteiger partial charge is 0.352 e. The Balaban J connectivity index is 1.22. The molecule has 2 heterocycles. The molecule has 2 bridgehead atoms. The zero-order valence-corrected chi connectivity index (χ0v) is 18.6. The fourth-order valence-corrected chi connectivity index (χ4v) is 4.95. The van der Waals surface area contributed by atoms with Crippen LogP contribution in [0.25, 0.3) is 0 Å². The first-order chi connectivity index (χ1) is 15.0. The van der Waals surface area contributed by atoms with Crippen molar-refractivity contribution in [2.45, 2.75) is 50.4 Å². The van der Waals surface area contributed by atoms with Crippen LogP contribution in [0.5, 0.6) is 0 Å². The predicted molar refractivity (Wildman–Crippen MR) is 123 cm³/mol. The molecule has 0 spiro atoms. The van der Waals surface area contributed by atoms with E-state index in [0.29, 0.717) is 22.8 Å². The summed E-state index contributed by atoms with van der Waals surface area (Å²) in [5.74, 6) is -0.170. The van der Waals surface area contributed by atoms with Crippen molar-refractivity contribution in [1.82, 2.24) is 15.5 Å². The number of carbonyl (C=O) groups excluding carboxylic acids is 2. The van der Waals surface area contributed by atoms with E-state index in [-0.39, 0.29) is 18.5 Å². The quantitative estimate of drug-likeness (QED) is 0.596. The van der Waals surface area contributed by atoms with E-state index in [1.54, 1.807) is 24.3 Å². The zero-order valence-electron chi connectivity index (χ0n) is 17.1. The molecule has 2 aliphatic rings. The molecule has 2 fully saturated rings. The Hall–Kier alpha value is -2.28. The van der Waals surface area contributed by atoms with Gasteiger partial charge in [0, 0.05) is 40.4 Å². The van der Waals surface area contributed by atoms with Gasteiger partial charge in [-0.25, -0.2) is 4.79 Å². The van der Waals surface area contributed by atoms with E-state index in [2.05, 4.69) is 33.0 Å². The molecule has 2 aromatic rings. The Morgan fingerprint density at radius 2 is 1.68 bits per heavy atom. The Morgan fingerprint density at radius 3 is 2.35 bits per heavy atom. The first-order valence-electron chi connectivity index (χ1n) is 10.6. The number of urea groups is 1. The van der Waals surface area contributed by atoms with Gasteiger partial charge < -0.3 is 16.0 Å². The van der Waals surface area contributed by atoms with Gasteiger partial charge in [0.15, 0.2) is 0 Å². The van der Waals surface area contributed by atoms with E-state index in [0.717, 1.165) is 37.3 Å². The number of rotatable bonds is 6. The molecule has 0 saturated carbocycles. The van der Waals surface area contributed by atoms with Crippen LogP contribution in [0, 0.1) is 0 Å². The van der Waals surface area contributed by atoms with Gasteiger partial charge >= 0.3 is 6.03 Å². The second kappa shape index (κ2) is 9.90. The summed E-state index contributed by atoms with van der Waals surface area (Å²) in [5.41, 5.74) is 1.84. The molecular weight excluding hydrogens is 435 g/mol. The number of hydrogen-bond acceptors (Lipinski definition) is 3. The lowest BCUT2D eigenvalue weighted by molar-refractivity contribution is -0.121. The maximum absolute atomic E-state index is 12.4. The van der Waals surface area contributed by atoms with E-state index < -0.39 is 6.03 Å². The number of piperidine rings is 1. The van der Waals surface area contributed by atoms with Crippen molar-refractivity contribution < 1.29 is 9.59 Å². The van der Waals surface area contributed by atoms with Gasteiger partial charge in [0.05, 0.1) is 6.54 Å². The normalized spacial score (nSPS) is 22.7. The molecule has 1 unspecified atom stereocenters. The molecule has 4 rings (SSSR count). The Labute approximate surface area is 192 Å². The number of amides is 3. The van der Waals surface area contributed by atoms with Gasteiger partial charge in [-0.3, -0.25) is 9.69 Å². The van der Waals surface area contributed by atoms with Crippen LogP contribution < -0.4 is 16.0 Å². The van der Waals surface area contributed by atoms with Gasteiger partial charge in [0.25, 0.3) is 0 Å². The Bertz CT molecular complexity index is 923. The molecule has 0 aliphatic carbocycles. The third kappa shape index (κ3) is 5.91. The molecule has 3 N–H and O–H groups in total. The summed E-state index contributed by atoms with van der Waals surface area (Å²) in [6.07, 6.45) is 4.19. The van der Waals surface area contributed by atoms with Crippen LogP contribution in [0.2, 0.25) is 10.0 Å². The van der Waals surface area contributed by atoms with E-state index in [4.69, 9.17) is 23.2 Å². The molecule has 3 amide bonds. The van der Waals surface area contributed by atoms with Crippen molar-refractivity contribution in [2.75, 3.05) is 11.9 Å². The zero-order chi connectivity index (χ0) is 21.8. The maximum atomic E-state index is 12.4. The SMILES string of the molecule is O=C(CNC(=O)Nc1cccc(Cl)c1)NC1C[C@H]2CC[C@@H](C1)N2Cc1ccc(Cl)cc1. The van der Waals surface area contributed by atoms with Crippen LogP contribution in [-0.4, -0.2) is 41.5 Å². The molecular formula is C23H26Cl2N4O2. The molecule has 2 aromatic carbocycles. The number of benzene rings is 2. The average Bonchev–Trinajstić information content (AvgIpc) is 2.96. The van der Waals surface area contributed by atoms with Crippen molar-refractivity contribution in [3.8, 4) is 0 Å². The van der Waals surface area contributed by atoms with Crippen LogP contribution in [0.1, 0.15) is 31.2 Å². The van der Waals surface area contributed by atoms with Crippen LogP contribution in [0.15, 0.2) is 48.5 Å². The molecule has 8 heteroatoms. The van der Waals surface area contributed by atoms with Crippen molar-refractivity contribution in [3.63, 3.8) is 0 Å². The summed E-state index contributed by atoms with van der Waals surface area (Å²) in [7, 11) is 0. The Morgan fingerprint density at radius 1 is 0.968 bits per heavy atom. The molecule has 0 radical (unpaired) electrons.